The third-order valence-electron chi connectivity index (χ3n) is 3.56. The molecule has 3 rings (SSSR count). The molecule has 2 saturated heterocycles. The van der Waals surface area contributed by atoms with Crippen molar-refractivity contribution in [1.29, 1.82) is 0 Å². The zero-order valence-corrected chi connectivity index (χ0v) is 11.7. The molecule has 2 fully saturated rings. The molecule has 0 radical (unpaired) electrons. The van der Waals surface area contributed by atoms with E-state index in [0.29, 0.717) is 12.6 Å². The standard InChI is InChI=1S/C12H19N3O3S/c16-11-13-14-12(19-8-10-4-2-6-18-10)15(11)7-9-3-1-5-17-9/h9-10H,1-8H2,(H,13,16)/t9-,10+/m1/s1. The minimum Gasteiger partial charge on any atom is -0.377 e. The fourth-order valence-corrected chi connectivity index (χ4v) is 3.53. The first-order chi connectivity index (χ1) is 9.33. The van der Waals surface area contributed by atoms with Crippen molar-refractivity contribution in [2.75, 3.05) is 19.0 Å². The van der Waals surface area contributed by atoms with Crippen LogP contribution in [-0.2, 0) is 16.0 Å². The summed E-state index contributed by atoms with van der Waals surface area (Å²) < 4.78 is 12.9. The van der Waals surface area contributed by atoms with Crippen LogP contribution in [0.5, 0.6) is 0 Å². The van der Waals surface area contributed by atoms with Crippen molar-refractivity contribution in [3.8, 4) is 0 Å². The molecule has 0 aromatic carbocycles. The van der Waals surface area contributed by atoms with Crippen molar-refractivity contribution in [3.05, 3.63) is 10.5 Å². The van der Waals surface area contributed by atoms with Crippen LogP contribution in [0.4, 0.5) is 0 Å². The van der Waals surface area contributed by atoms with Gasteiger partial charge in [-0.25, -0.2) is 9.89 Å². The Hall–Kier alpha value is -0.790. The number of nitrogens with zero attached hydrogens (tertiary/aromatic N) is 2. The maximum atomic E-state index is 11.8. The second kappa shape index (κ2) is 6.11. The predicted octanol–water partition coefficient (Wildman–Crippen LogP) is 1.02. The normalized spacial score (nSPS) is 27.2. The number of aromatic nitrogens is 3. The zero-order valence-electron chi connectivity index (χ0n) is 10.8. The molecule has 1 N–H and O–H groups in total. The molecule has 1 aromatic heterocycles. The lowest BCUT2D eigenvalue weighted by molar-refractivity contribution is 0.0941. The number of thioether (sulfide) groups is 1. The minimum atomic E-state index is -0.148. The number of aromatic amines is 1. The lowest BCUT2D eigenvalue weighted by atomic mass is 10.2. The van der Waals surface area contributed by atoms with E-state index < -0.39 is 0 Å². The average molecular weight is 285 g/mol. The summed E-state index contributed by atoms with van der Waals surface area (Å²) in [6.07, 6.45) is 4.79. The van der Waals surface area contributed by atoms with Gasteiger partial charge in [0.25, 0.3) is 0 Å². The highest BCUT2D eigenvalue weighted by Gasteiger charge is 2.21. The van der Waals surface area contributed by atoms with Gasteiger partial charge in [-0.1, -0.05) is 11.8 Å². The molecule has 0 unspecified atom stereocenters. The van der Waals surface area contributed by atoms with Gasteiger partial charge in [0.05, 0.1) is 18.8 Å². The van der Waals surface area contributed by atoms with E-state index in [4.69, 9.17) is 9.47 Å². The molecular weight excluding hydrogens is 266 g/mol. The maximum absolute atomic E-state index is 11.8. The quantitative estimate of drug-likeness (QED) is 0.818. The third-order valence-corrected chi connectivity index (χ3v) is 4.66. The van der Waals surface area contributed by atoms with Crippen LogP contribution < -0.4 is 5.69 Å². The molecule has 3 heterocycles. The largest absolute Gasteiger partial charge is 0.377 e. The highest BCUT2D eigenvalue weighted by molar-refractivity contribution is 7.99. The van der Waals surface area contributed by atoms with Crippen LogP contribution in [0.2, 0.25) is 0 Å². The van der Waals surface area contributed by atoms with Crippen LogP contribution in [0.1, 0.15) is 25.7 Å². The van der Waals surface area contributed by atoms with Crippen molar-refractivity contribution in [2.45, 2.75) is 49.6 Å². The second-order valence-corrected chi connectivity index (χ2v) is 5.99. The first kappa shape index (κ1) is 13.2. The van der Waals surface area contributed by atoms with E-state index in [1.165, 1.54) is 0 Å². The van der Waals surface area contributed by atoms with Gasteiger partial charge in [-0.15, -0.1) is 5.10 Å². The van der Waals surface area contributed by atoms with Crippen LogP contribution in [0.3, 0.4) is 0 Å². The van der Waals surface area contributed by atoms with Crippen molar-refractivity contribution >= 4 is 11.8 Å². The van der Waals surface area contributed by atoms with Gasteiger partial charge in [0.15, 0.2) is 5.16 Å². The zero-order chi connectivity index (χ0) is 13.1. The van der Waals surface area contributed by atoms with Gasteiger partial charge < -0.3 is 9.47 Å². The number of hydrogen-bond acceptors (Lipinski definition) is 5. The summed E-state index contributed by atoms with van der Waals surface area (Å²) in [4.78, 5) is 11.8. The Bertz CT molecular complexity index is 461. The van der Waals surface area contributed by atoms with Gasteiger partial charge in [0.2, 0.25) is 0 Å². The molecule has 0 spiro atoms. The van der Waals surface area contributed by atoms with Crippen molar-refractivity contribution < 1.29 is 9.47 Å². The Kier molecular flexibility index (Phi) is 4.24. The number of H-pyrrole nitrogens is 1. The summed E-state index contributed by atoms with van der Waals surface area (Å²) in [5.74, 6) is 0.857. The number of rotatable bonds is 5. The van der Waals surface area contributed by atoms with Crippen LogP contribution in [0.25, 0.3) is 0 Å². The van der Waals surface area contributed by atoms with E-state index >= 15 is 0 Å². The predicted molar refractivity (Wildman–Crippen MR) is 71.5 cm³/mol. The van der Waals surface area contributed by atoms with Crippen LogP contribution in [0.15, 0.2) is 9.95 Å². The average Bonchev–Trinajstić information content (AvgIpc) is 3.13. The van der Waals surface area contributed by atoms with E-state index in [1.54, 1.807) is 16.3 Å². The molecule has 1 aromatic rings. The van der Waals surface area contributed by atoms with Crippen molar-refractivity contribution in [1.82, 2.24) is 14.8 Å². The summed E-state index contributed by atoms with van der Waals surface area (Å²) in [6.45, 7) is 2.26. The minimum absolute atomic E-state index is 0.148. The lowest BCUT2D eigenvalue weighted by Gasteiger charge is -2.12. The monoisotopic (exact) mass is 285 g/mol. The van der Waals surface area contributed by atoms with Crippen LogP contribution >= 0.6 is 11.8 Å². The number of hydrogen-bond donors (Lipinski definition) is 1. The van der Waals surface area contributed by atoms with Crippen molar-refractivity contribution in [3.63, 3.8) is 0 Å². The Labute approximate surface area is 115 Å². The van der Waals surface area contributed by atoms with E-state index in [1.807, 2.05) is 0 Å². The van der Waals surface area contributed by atoms with Crippen LogP contribution in [-0.4, -0.2) is 45.9 Å². The van der Waals surface area contributed by atoms with E-state index in [-0.39, 0.29) is 11.8 Å². The van der Waals surface area contributed by atoms with Gasteiger partial charge in [0, 0.05) is 19.0 Å². The highest BCUT2D eigenvalue weighted by atomic mass is 32.2. The molecule has 2 atom stereocenters. The fraction of sp³-hybridized carbons (Fsp3) is 0.833. The smallest absolute Gasteiger partial charge is 0.344 e. The SMILES string of the molecule is O=c1[nH]nc(SC[C@@H]2CCCO2)n1C[C@H]1CCCO1. The summed E-state index contributed by atoms with van der Waals surface area (Å²) in [5.41, 5.74) is -0.148. The molecule has 7 heteroatoms. The van der Waals surface area contributed by atoms with Gasteiger partial charge >= 0.3 is 5.69 Å². The lowest BCUT2D eigenvalue weighted by Crippen LogP contribution is -2.25. The first-order valence-corrected chi connectivity index (χ1v) is 7.82. The fourth-order valence-electron chi connectivity index (χ4n) is 2.51. The van der Waals surface area contributed by atoms with E-state index in [0.717, 1.165) is 49.8 Å². The Morgan fingerprint density at radius 2 is 2.00 bits per heavy atom. The van der Waals surface area contributed by atoms with Gasteiger partial charge in [0.1, 0.15) is 0 Å². The maximum Gasteiger partial charge on any atom is 0.344 e. The van der Waals surface area contributed by atoms with Gasteiger partial charge in [-0.2, -0.15) is 0 Å². The van der Waals surface area contributed by atoms with E-state index in [9.17, 15) is 4.79 Å². The molecule has 19 heavy (non-hydrogen) atoms. The second-order valence-electron chi connectivity index (χ2n) is 5.00. The molecule has 2 aliphatic rings. The highest BCUT2D eigenvalue weighted by Crippen LogP contribution is 2.22. The molecular formula is C12H19N3O3S. The number of ether oxygens (including phenoxy) is 2. The summed E-state index contributed by atoms with van der Waals surface area (Å²) in [7, 11) is 0. The summed E-state index contributed by atoms with van der Waals surface area (Å²) in [6, 6.07) is 0. The molecule has 106 valence electrons. The topological polar surface area (TPSA) is 69.1 Å². The molecule has 2 aliphatic heterocycles. The van der Waals surface area contributed by atoms with Gasteiger partial charge in [-0.3, -0.25) is 4.57 Å². The van der Waals surface area contributed by atoms with Crippen molar-refractivity contribution in [2.24, 2.45) is 0 Å². The molecule has 0 amide bonds. The Morgan fingerprint density at radius 1 is 1.26 bits per heavy atom. The summed E-state index contributed by atoms with van der Waals surface area (Å²) >= 11 is 1.59. The van der Waals surface area contributed by atoms with E-state index in [2.05, 4.69) is 10.2 Å². The third kappa shape index (κ3) is 3.21. The Balaban J connectivity index is 1.61. The molecule has 6 nitrogen and oxygen atoms in total. The molecule has 0 aliphatic carbocycles. The number of nitrogens with one attached hydrogen (secondary N) is 1. The first-order valence-electron chi connectivity index (χ1n) is 6.84. The van der Waals surface area contributed by atoms with Crippen LogP contribution in [0, 0.1) is 0 Å². The summed E-state index contributed by atoms with van der Waals surface area (Å²) in [5, 5.41) is 7.37. The molecule has 0 bridgehead atoms. The van der Waals surface area contributed by atoms with Gasteiger partial charge in [-0.05, 0) is 25.7 Å². The Morgan fingerprint density at radius 3 is 2.68 bits per heavy atom. The molecule has 0 saturated carbocycles.